The fraction of sp³-hybridized carbons (Fsp3) is 0.452. The number of nitrogens with one attached hydrogen (secondary N) is 4. The summed E-state index contributed by atoms with van der Waals surface area (Å²) in [6, 6.07) is 2.11. The van der Waals surface area contributed by atoms with E-state index in [0.717, 1.165) is 74.3 Å². The molecule has 5 heterocycles. The molecule has 2 aliphatic heterocycles. The van der Waals surface area contributed by atoms with Crippen LogP contribution in [0.5, 0.6) is 0 Å². The summed E-state index contributed by atoms with van der Waals surface area (Å²) in [5.41, 5.74) is 11.5. The van der Waals surface area contributed by atoms with Crippen molar-refractivity contribution in [2.24, 2.45) is 23.7 Å². The van der Waals surface area contributed by atoms with E-state index in [1.165, 1.54) is 19.1 Å². The standard InChI is InChI=1S/C42H52N4O5/c1-21(2)11-10-12-22(3)15-16-51-35(47)14-13-29-26(7)33-20-32-25(6)24(5)31(44-32)18-28-17-23(4)30(43-28)19-34-27(8)36-40(46-34)37(39(29)45-33)38(41(36)48)42(49)50-9/h15,17-21,26,29,38,43-46H,10-14,16H2,1-9H3/b22-15+,28-18-,30-19-,33-20-,39-37-/t26-,29-,38+/m0/s1. The van der Waals surface area contributed by atoms with Gasteiger partial charge in [-0.2, -0.15) is 0 Å². The zero-order chi connectivity index (χ0) is 36.7. The van der Waals surface area contributed by atoms with Crippen LogP contribution >= 0.6 is 0 Å². The highest BCUT2D eigenvalue weighted by Crippen LogP contribution is 2.48. The summed E-state index contributed by atoms with van der Waals surface area (Å²) in [5, 5.41) is 5.56. The number of aromatic amines is 3. The zero-order valence-electron chi connectivity index (χ0n) is 31.5. The molecule has 3 aromatic heterocycles. The average Bonchev–Trinajstić information content (AvgIpc) is 3.83. The number of hydrogen-bond acceptors (Lipinski definition) is 6. The van der Waals surface area contributed by atoms with Crippen LogP contribution in [0.1, 0.15) is 115 Å². The predicted octanol–water partition coefficient (Wildman–Crippen LogP) is 6.56. The second-order valence-corrected chi connectivity index (χ2v) is 15.1. The monoisotopic (exact) mass is 692 g/mol. The molecule has 0 amide bonds. The summed E-state index contributed by atoms with van der Waals surface area (Å²) >= 11 is 0. The van der Waals surface area contributed by atoms with E-state index >= 15 is 0 Å². The molecule has 270 valence electrons. The molecule has 3 aliphatic rings. The number of aromatic nitrogens is 3. The Morgan fingerprint density at radius 1 is 0.941 bits per heavy atom. The van der Waals surface area contributed by atoms with Gasteiger partial charge in [0.05, 0.1) is 12.8 Å². The second kappa shape index (κ2) is 14.4. The third kappa shape index (κ3) is 6.95. The van der Waals surface area contributed by atoms with Gasteiger partial charge < -0.3 is 29.7 Å². The molecule has 0 spiro atoms. The first kappa shape index (κ1) is 36.0. The van der Waals surface area contributed by atoms with Gasteiger partial charge in [0.1, 0.15) is 12.5 Å². The molecule has 9 nitrogen and oxygen atoms in total. The molecule has 3 atom stereocenters. The lowest BCUT2D eigenvalue weighted by molar-refractivity contribution is -0.143. The molecular formula is C42H52N4O5. The second-order valence-electron chi connectivity index (χ2n) is 15.1. The predicted molar refractivity (Wildman–Crippen MR) is 201 cm³/mol. The van der Waals surface area contributed by atoms with Gasteiger partial charge >= 0.3 is 11.9 Å². The van der Waals surface area contributed by atoms with Gasteiger partial charge in [0.25, 0.3) is 0 Å². The number of allylic oxidation sites excluding steroid dienone is 3. The van der Waals surface area contributed by atoms with Gasteiger partial charge in [-0.25, -0.2) is 0 Å². The van der Waals surface area contributed by atoms with E-state index in [0.29, 0.717) is 29.2 Å². The Labute approximate surface area is 300 Å². The zero-order valence-corrected chi connectivity index (χ0v) is 31.5. The molecule has 0 saturated carbocycles. The summed E-state index contributed by atoms with van der Waals surface area (Å²) < 4.78 is 10.9. The van der Waals surface area contributed by atoms with Gasteiger partial charge in [-0.3, -0.25) is 14.4 Å². The minimum Gasteiger partial charge on any atom is -0.468 e. The van der Waals surface area contributed by atoms with Crippen molar-refractivity contribution in [2.45, 2.75) is 87.5 Å². The number of H-pyrrole nitrogens is 3. The smallest absolute Gasteiger partial charge is 0.321 e. The topological polar surface area (TPSA) is 129 Å². The van der Waals surface area contributed by atoms with Gasteiger partial charge in [0, 0.05) is 68.6 Å². The summed E-state index contributed by atoms with van der Waals surface area (Å²) in [4.78, 5) is 51.4. The van der Waals surface area contributed by atoms with Gasteiger partial charge in [-0.15, -0.1) is 0 Å². The van der Waals surface area contributed by atoms with Gasteiger partial charge in [0.15, 0.2) is 5.78 Å². The highest BCUT2D eigenvalue weighted by atomic mass is 16.5. The Bertz CT molecular complexity index is 2110. The number of aryl methyl sites for hydroxylation is 1. The molecule has 0 aromatic carbocycles. The van der Waals surface area contributed by atoms with Crippen molar-refractivity contribution < 1.29 is 23.9 Å². The first-order valence-corrected chi connectivity index (χ1v) is 18.3. The quantitative estimate of drug-likeness (QED) is 0.108. The molecule has 4 N–H and O–H groups in total. The molecule has 1 fully saturated rings. The number of Topliss-reactive ketones (excluding diaryl/α,β-unsaturated/α-hetero) is 1. The number of ether oxygens (including phenoxy) is 2. The molecular weight excluding hydrogens is 640 g/mol. The third-order valence-electron chi connectivity index (χ3n) is 11.1. The van der Waals surface area contributed by atoms with E-state index in [1.807, 2.05) is 19.1 Å². The number of carbonyl (C=O) groups excluding carboxylic acids is 3. The lowest BCUT2D eigenvalue weighted by Gasteiger charge is -2.19. The van der Waals surface area contributed by atoms with Crippen molar-refractivity contribution >= 4 is 41.5 Å². The van der Waals surface area contributed by atoms with Crippen molar-refractivity contribution in [1.82, 2.24) is 20.3 Å². The Balaban J connectivity index is 1.43. The molecule has 6 rings (SSSR count). The number of ketones is 1. The first-order valence-electron chi connectivity index (χ1n) is 18.3. The Morgan fingerprint density at radius 2 is 1.65 bits per heavy atom. The highest BCUT2D eigenvalue weighted by molar-refractivity contribution is 6.24. The Morgan fingerprint density at radius 3 is 2.35 bits per heavy atom. The van der Waals surface area contributed by atoms with Crippen LogP contribution in [-0.2, 0) is 19.1 Å². The Kier molecular flexibility index (Phi) is 10.2. The first-order chi connectivity index (χ1) is 24.3. The largest absolute Gasteiger partial charge is 0.468 e. The van der Waals surface area contributed by atoms with Crippen LogP contribution in [-0.4, -0.2) is 46.4 Å². The summed E-state index contributed by atoms with van der Waals surface area (Å²) in [7, 11) is 1.32. The maximum Gasteiger partial charge on any atom is 0.321 e. The lowest BCUT2D eigenvalue weighted by Crippen LogP contribution is -2.25. The van der Waals surface area contributed by atoms with Crippen molar-refractivity contribution in [1.29, 1.82) is 0 Å². The van der Waals surface area contributed by atoms with Crippen molar-refractivity contribution in [2.75, 3.05) is 13.7 Å². The van der Waals surface area contributed by atoms with E-state index in [-0.39, 0.29) is 36.6 Å². The lowest BCUT2D eigenvalue weighted by atomic mass is 9.85. The van der Waals surface area contributed by atoms with Crippen molar-refractivity contribution in [3.05, 3.63) is 90.4 Å². The minimum atomic E-state index is -1.12. The van der Waals surface area contributed by atoms with E-state index < -0.39 is 11.9 Å². The Hall–Kier alpha value is -4.79. The van der Waals surface area contributed by atoms with Crippen LogP contribution in [0.25, 0.3) is 23.8 Å². The number of hydrogen-bond donors (Lipinski definition) is 4. The van der Waals surface area contributed by atoms with Gasteiger partial charge in [-0.05, 0) is 112 Å². The number of rotatable bonds is 10. The van der Waals surface area contributed by atoms with E-state index in [2.05, 4.69) is 87.0 Å². The fourth-order valence-electron chi connectivity index (χ4n) is 7.80. The van der Waals surface area contributed by atoms with Crippen molar-refractivity contribution in [3.8, 4) is 0 Å². The maximum absolute atomic E-state index is 14.2. The van der Waals surface area contributed by atoms with Crippen LogP contribution in [0.15, 0.2) is 29.1 Å². The molecule has 9 heteroatoms. The molecule has 8 bridgehead atoms. The molecule has 51 heavy (non-hydrogen) atoms. The average molecular weight is 693 g/mol. The number of fused-ring (bicyclic) bond motifs is 7. The van der Waals surface area contributed by atoms with Crippen LogP contribution in [0, 0.1) is 51.4 Å². The number of methoxy groups -OCH3 is 1. The molecule has 0 unspecified atom stereocenters. The van der Waals surface area contributed by atoms with Gasteiger partial charge in [-0.1, -0.05) is 32.8 Å². The van der Waals surface area contributed by atoms with Crippen LogP contribution in [0.4, 0.5) is 0 Å². The number of carbonyl (C=O) groups is 3. The fourth-order valence-corrected chi connectivity index (χ4v) is 7.80. The normalized spacial score (nSPS) is 23.3. The minimum absolute atomic E-state index is 0.0535. The SMILES string of the molecule is COC(=O)[C@H]1C(=O)c2c3[nH]c(c2C)/C=c2\[nH]/c(cc2C)=C\c2[nH]c(c(C)c2C)/C=C2\N/C(=C\31)[C@@H](CCC(=O)OC/C=C(\C)CCCC(C)C)[C@@H]2C. The molecule has 1 aliphatic carbocycles. The highest BCUT2D eigenvalue weighted by Gasteiger charge is 2.48. The number of esters is 2. The van der Waals surface area contributed by atoms with Crippen LogP contribution < -0.4 is 16.0 Å². The molecule has 3 aromatic rings. The van der Waals surface area contributed by atoms with Gasteiger partial charge in [0.2, 0.25) is 0 Å². The summed E-state index contributed by atoms with van der Waals surface area (Å²) in [6.07, 6.45) is 12.2. The van der Waals surface area contributed by atoms with E-state index in [1.54, 1.807) is 0 Å². The molecule has 1 saturated heterocycles. The third-order valence-corrected chi connectivity index (χ3v) is 11.1. The van der Waals surface area contributed by atoms with Crippen LogP contribution in [0.2, 0.25) is 0 Å². The molecule has 0 radical (unpaired) electrons. The maximum atomic E-state index is 14.2. The van der Waals surface area contributed by atoms with Crippen molar-refractivity contribution in [3.63, 3.8) is 0 Å². The summed E-state index contributed by atoms with van der Waals surface area (Å²) in [5.74, 6) is -1.86. The van der Waals surface area contributed by atoms with Crippen LogP contribution in [0.3, 0.4) is 0 Å². The van der Waals surface area contributed by atoms with E-state index in [9.17, 15) is 14.4 Å². The van der Waals surface area contributed by atoms with E-state index in [4.69, 9.17) is 9.47 Å². The summed E-state index contributed by atoms with van der Waals surface area (Å²) in [6.45, 7) is 17.1.